The molecule has 100 valence electrons. The normalized spacial score (nSPS) is 12.4. The molecule has 0 radical (unpaired) electrons. The molecule has 0 fully saturated rings. The summed E-state index contributed by atoms with van der Waals surface area (Å²) in [6.07, 6.45) is 0.183. The number of benzene rings is 2. The summed E-state index contributed by atoms with van der Waals surface area (Å²) in [7, 11) is 0. The fourth-order valence-corrected chi connectivity index (χ4v) is 3.61. The van der Waals surface area contributed by atoms with Crippen molar-refractivity contribution >= 4 is 27.7 Å². The minimum atomic E-state index is 0.183. The average Bonchev–Trinajstić information content (AvgIpc) is 2.39. The molecule has 0 aromatic heterocycles. The van der Waals surface area contributed by atoms with Gasteiger partial charge in [-0.05, 0) is 32.0 Å². The quantitative estimate of drug-likeness (QED) is 0.514. The molecule has 2 aromatic rings. The predicted molar refractivity (Wildman–Crippen MR) is 86.2 cm³/mol. The summed E-state index contributed by atoms with van der Waals surface area (Å²) in [5.74, 6) is 0.947. The second-order valence-corrected chi connectivity index (χ2v) is 7.15. The first-order valence-corrected chi connectivity index (χ1v) is 8.07. The van der Waals surface area contributed by atoms with Crippen LogP contribution < -0.4 is 4.74 Å². The fourth-order valence-electron chi connectivity index (χ4n) is 1.71. The maximum atomic E-state index is 5.86. The summed E-state index contributed by atoms with van der Waals surface area (Å²) in [6, 6.07) is 18.6. The number of hydrogen-bond donors (Lipinski definition) is 0. The van der Waals surface area contributed by atoms with Crippen LogP contribution in [0, 0.1) is 0 Å². The first-order chi connectivity index (χ1) is 9.16. The third-order valence-electron chi connectivity index (χ3n) is 2.51. The Labute approximate surface area is 127 Å². The van der Waals surface area contributed by atoms with E-state index in [9.17, 15) is 0 Å². The molecule has 2 rings (SSSR count). The van der Waals surface area contributed by atoms with Gasteiger partial charge in [0.1, 0.15) is 5.75 Å². The van der Waals surface area contributed by atoms with Gasteiger partial charge in [0.15, 0.2) is 0 Å². The van der Waals surface area contributed by atoms with Crippen LogP contribution in [0.3, 0.4) is 0 Å². The lowest BCUT2D eigenvalue weighted by Gasteiger charge is -2.17. The summed E-state index contributed by atoms with van der Waals surface area (Å²) in [6.45, 7) is 4.09. The number of hydrogen-bond acceptors (Lipinski definition) is 2. The Morgan fingerprint density at radius 3 is 2.26 bits per heavy atom. The molecule has 0 aliphatic rings. The molecule has 1 nitrogen and oxygen atoms in total. The van der Waals surface area contributed by atoms with E-state index in [1.54, 1.807) is 11.8 Å². The number of rotatable bonds is 5. The van der Waals surface area contributed by atoms with E-state index < -0.39 is 0 Å². The standard InChI is InChI=1S/C16H17BrOS/c1-12(2)18-15-11-7-6-10-14(15)16(17)19-13-8-4-3-5-9-13/h3-12,16H,1-2H3. The minimum Gasteiger partial charge on any atom is -0.491 e. The van der Waals surface area contributed by atoms with Gasteiger partial charge in [-0.15, -0.1) is 11.8 Å². The Morgan fingerprint density at radius 2 is 1.58 bits per heavy atom. The summed E-state index contributed by atoms with van der Waals surface area (Å²) < 4.78 is 6.05. The average molecular weight is 337 g/mol. The molecule has 0 heterocycles. The number of alkyl halides is 1. The van der Waals surface area contributed by atoms with Gasteiger partial charge in [0.05, 0.1) is 10.3 Å². The Kier molecular flexibility index (Phi) is 5.34. The highest BCUT2D eigenvalue weighted by atomic mass is 79.9. The maximum Gasteiger partial charge on any atom is 0.124 e. The molecule has 0 N–H and O–H groups in total. The molecule has 19 heavy (non-hydrogen) atoms. The summed E-state index contributed by atoms with van der Waals surface area (Å²) in [4.78, 5) is 1.24. The molecular weight excluding hydrogens is 320 g/mol. The van der Waals surface area contributed by atoms with Crippen molar-refractivity contribution in [1.29, 1.82) is 0 Å². The van der Waals surface area contributed by atoms with Gasteiger partial charge in [-0.25, -0.2) is 0 Å². The molecule has 0 saturated carbocycles. The molecule has 0 bridgehead atoms. The number of halogens is 1. The third-order valence-corrected chi connectivity index (χ3v) is 4.57. The zero-order chi connectivity index (χ0) is 13.7. The van der Waals surface area contributed by atoms with Gasteiger partial charge in [0.2, 0.25) is 0 Å². The lowest BCUT2D eigenvalue weighted by Crippen LogP contribution is -2.07. The summed E-state index contributed by atoms with van der Waals surface area (Å²) in [5.41, 5.74) is 1.17. The lowest BCUT2D eigenvalue weighted by molar-refractivity contribution is 0.240. The molecule has 1 atom stereocenters. The van der Waals surface area contributed by atoms with Crippen molar-refractivity contribution in [3.63, 3.8) is 0 Å². The van der Waals surface area contributed by atoms with Crippen LogP contribution in [0.15, 0.2) is 59.5 Å². The van der Waals surface area contributed by atoms with Crippen LogP contribution in [0.2, 0.25) is 0 Å². The van der Waals surface area contributed by atoms with E-state index in [2.05, 4.69) is 46.3 Å². The zero-order valence-electron chi connectivity index (χ0n) is 11.0. The highest BCUT2D eigenvalue weighted by Gasteiger charge is 2.14. The van der Waals surface area contributed by atoms with E-state index in [-0.39, 0.29) is 10.3 Å². The first kappa shape index (κ1) is 14.5. The van der Waals surface area contributed by atoms with Crippen molar-refractivity contribution < 1.29 is 4.74 Å². The van der Waals surface area contributed by atoms with E-state index in [1.807, 2.05) is 38.1 Å². The summed E-state index contributed by atoms with van der Waals surface area (Å²) >= 11 is 5.52. The second kappa shape index (κ2) is 7.01. The van der Waals surface area contributed by atoms with Gasteiger partial charge < -0.3 is 4.74 Å². The van der Waals surface area contributed by atoms with Crippen LogP contribution in [0.25, 0.3) is 0 Å². The molecule has 0 aliphatic heterocycles. The number of ether oxygens (including phenoxy) is 1. The van der Waals surface area contributed by atoms with Crippen LogP contribution in [-0.2, 0) is 0 Å². The smallest absolute Gasteiger partial charge is 0.124 e. The molecule has 1 unspecified atom stereocenters. The van der Waals surface area contributed by atoms with Crippen LogP contribution in [0.4, 0.5) is 0 Å². The minimum absolute atomic E-state index is 0.183. The van der Waals surface area contributed by atoms with Crippen molar-refractivity contribution in [3.05, 3.63) is 60.2 Å². The van der Waals surface area contributed by atoms with Crippen molar-refractivity contribution in [2.24, 2.45) is 0 Å². The van der Waals surface area contributed by atoms with E-state index in [4.69, 9.17) is 4.74 Å². The second-order valence-electron chi connectivity index (χ2n) is 4.45. The van der Waals surface area contributed by atoms with E-state index >= 15 is 0 Å². The largest absolute Gasteiger partial charge is 0.491 e. The van der Waals surface area contributed by atoms with E-state index in [0.29, 0.717) is 0 Å². The molecule has 0 spiro atoms. The Morgan fingerprint density at radius 1 is 0.947 bits per heavy atom. The van der Waals surface area contributed by atoms with Crippen LogP contribution in [-0.4, -0.2) is 6.10 Å². The third kappa shape index (κ3) is 4.29. The SMILES string of the molecule is CC(C)Oc1ccccc1C(Br)Sc1ccccc1. The number of thioether (sulfide) groups is 1. The molecule has 3 heteroatoms. The molecule has 0 amide bonds. The van der Waals surface area contributed by atoms with E-state index in [1.165, 1.54) is 10.5 Å². The van der Waals surface area contributed by atoms with Crippen LogP contribution in [0.5, 0.6) is 5.75 Å². The van der Waals surface area contributed by atoms with Gasteiger partial charge in [-0.3, -0.25) is 0 Å². The lowest BCUT2D eigenvalue weighted by atomic mass is 10.2. The van der Waals surface area contributed by atoms with E-state index in [0.717, 1.165) is 5.75 Å². The monoisotopic (exact) mass is 336 g/mol. The summed E-state index contributed by atoms with van der Waals surface area (Å²) in [5, 5.41) is 0. The van der Waals surface area contributed by atoms with Crippen LogP contribution in [0.1, 0.15) is 23.6 Å². The zero-order valence-corrected chi connectivity index (χ0v) is 13.4. The van der Waals surface area contributed by atoms with Crippen molar-refractivity contribution in [3.8, 4) is 5.75 Å². The van der Waals surface area contributed by atoms with Gasteiger partial charge in [0, 0.05) is 10.5 Å². The maximum absolute atomic E-state index is 5.86. The van der Waals surface area contributed by atoms with Crippen molar-refractivity contribution in [1.82, 2.24) is 0 Å². The highest BCUT2D eigenvalue weighted by molar-refractivity contribution is 9.11. The molecule has 2 aromatic carbocycles. The molecular formula is C16H17BrOS. The Hall–Kier alpha value is -0.930. The van der Waals surface area contributed by atoms with Gasteiger partial charge in [-0.2, -0.15) is 0 Å². The van der Waals surface area contributed by atoms with Crippen LogP contribution >= 0.6 is 27.7 Å². The predicted octanol–water partition coefficient (Wildman–Crippen LogP) is 5.66. The molecule has 0 saturated heterocycles. The first-order valence-electron chi connectivity index (χ1n) is 6.28. The topological polar surface area (TPSA) is 9.23 Å². The van der Waals surface area contributed by atoms with Crippen molar-refractivity contribution in [2.45, 2.75) is 29.0 Å². The highest BCUT2D eigenvalue weighted by Crippen LogP contribution is 2.43. The molecule has 0 aliphatic carbocycles. The van der Waals surface area contributed by atoms with Gasteiger partial charge in [0.25, 0.3) is 0 Å². The fraction of sp³-hybridized carbons (Fsp3) is 0.250. The van der Waals surface area contributed by atoms with Crippen molar-refractivity contribution in [2.75, 3.05) is 0 Å². The Bertz CT molecular complexity index is 513. The number of para-hydroxylation sites is 1. The van der Waals surface area contributed by atoms with Gasteiger partial charge >= 0.3 is 0 Å². The van der Waals surface area contributed by atoms with Gasteiger partial charge in [-0.1, -0.05) is 52.3 Å². The Balaban J connectivity index is 2.16.